The number of nitrogens with two attached hydrogens (primary N) is 1. The molecule has 1 aliphatic carbocycles. The van der Waals surface area contributed by atoms with Crippen LogP contribution in [0.25, 0.3) is 11.3 Å². The average Bonchev–Trinajstić information content (AvgIpc) is 3.45. The van der Waals surface area contributed by atoms with Crippen LogP contribution in [0.4, 0.5) is 4.39 Å². The van der Waals surface area contributed by atoms with Gasteiger partial charge < -0.3 is 20.8 Å². The Morgan fingerprint density at radius 2 is 2.21 bits per heavy atom. The van der Waals surface area contributed by atoms with Crippen LogP contribution in [0.3, 0.4) is 0 Å². The van der Waals surface area contributed by atoms with E-state index in [1.54, 1.807) is 12.1 Å². The average molecular weight is 396 g/mol. The van der Waals surface area contributed by atoms with Crippen molar-refractivity contribution in [1.29, 1.82) is 5.26 Å². The van der Waals surface area contributed by atoms with Crippen LogP contribution < -0.4 is 16.4 Å². The smallest absolute Gasteiger partial charge is 0.251 e. The van der Waals surface area contributed by atoms with E-state index >= 15 is 0 Å². The monoisotopic (exact) mass is 396 g/mol. The maximum Gasteiger partial charge on any atom is 0.251 e. The zero-order valence-corrected chi connectivity index (χ0v) is 15.7. The third kappa shape index (κ3) is 3.87. The van der Waals surface area contributed by atoms with E-state index in [9.17, 15) is 19.2 Å². The van der Waals surface area contributed by atoms with Crippen LogP contribution >= 0.6 is 0 Å². The van der Waals surface area contributed by atoms with Crippen LogP contribution in [0.5, 0.6) is 0 Å². The topological polar surface area (TPSA) is 121 Å². The van der Waals surface area contributed by atoms with Gasteiger partial charge in [0.2, 0.25) is 5.91 Å². The largest absolute Gasteiger partial charge is 0.464 e. The third-order valence-corrected chi connectivity index (χ3v) is 5.76. The van der Waals surface area contributed by atoms with Gasteiger partial charge in [0.15, 0.2) is 0 Å². The minimum atomic E-state index is -0.825. The Labute approximate surface area is 167 Å². The summed E-state index contributed by atoms with van der Waals surface area (Å²) in [6.07, 6.45) is 4.38. The lowest BCUT2D eigenvalue weighted by Gasteiger charge is -2.23. The zero-order valence-electron chi connectivity index (χ0n) is 15.7. The second kappa shape index (κ2) is 7.68. The summed E-state index contributed by atoms with van der Waals surface area (Å²) in [7, 11) is 0. The predicted octanol–water partition coefficient (Wildman–Crippen LogP) is 1.88. The normalized spacial score (nSPS) is 23.5. The van der Waals surface area contributed by atoms with Crippen LogP contribution in [0.1, 0.15) is 35.2 Å². The summed E-state index contributed by atoms with van der Waals surface area (Å²) < 4.78 is 19.8. The molecule has 4 N–H and O–H groups in total. The Morgan fingerprint density at radius 1 is 1.38 bits per heavy atom. The first-order valence-corrected chi connectivity index (χ1v) is 9.57. The van der Waals surface area contributed by atoms with Crippen molar-refractivity contribution in [2.24, 2.45) is 11.7 Å². The highest BCUT2D eigenvalue weighted by Gasteiger charge is 2.43. The number of hydrogen-bond donors (Lipinski definition) is 3. The van der Waals surface area contributed by atoms with Gasteiger partial charge in [0, 0.05) is 18.0 Å². The van der Waals surface area contributed by atoms with Crippen LogP contribution in [0, 0.1) is 23.1 Å². The number of nitrogens with zero attached hydrogens (tertiary/aromatic N) is 1. The highest BCUT2D eigenvalue weighted by atomic mass is 19.1. The molecule has 4 atom stereocenters. The molecule has 2 heterocycles. The standard InChI is InChI=1S/C21H21FN4O3/c22-17-7-12(18-8-14(10-29-18)20(24)27)2-1-11(17)5-16(9-23)26-21(28)19-13-3-4-15(6-13)25-19/h1-2,7-8,10,13,15-16,19,25H,3-6H2,(H2,24,27)(H,26,28)/t13?,15?,16-,19-/m0/s1. The number of fused-ring (bicyclic) bond motifs is 2. The molecular weight excluding hydrogens is 375 g/mol. The van der Waals surface area contributed by atoms with E-state index in [0.29, 0.717) is 28.8 Å². The fourth-order valence-corrected chi connectivity index (χ4v) is 4.24. The number of benzene rings is 1. The highest BCUT2D eigenvalue weighted by Crippen LogP contribution is 2.35. The molecule has 7 nitrogen and oxygen atoms in total. The summed E-state index contributed by atoms with van der Waals surface area (Å²) in [5.41, 5.74) is 6.15. The van der Waals surface area contributed by atoms with Crippen molar-refractivity contribution < 1.29 is 18.4 Å². The second-order valence-corrected chi connectivity index (χ2v) is 7.68. The van der Waals surface area contributed by atoms with Gasteiger partial charge >= 0.3 is 0 Å². The number of hydrogen-bond acceptors (Lipinski definition) is 5. The molecule has 0 radical (unpaired) electrons. The minimum absolute atomic E-state index is 0.0554. The lowest BCUT2D eigenvalue weighted by Crippen LogP contribution is -2.50. The number of rotatable bonds is 6. The zero-order chi connectivity index (χ0) is 20.5. The van der Waals surface area contributed by atoms with Gasteiger partial charge in [0.05, 0.1) is 17.7 Å². The molecule has 1 aliphatic heterocycles. The molecule has 29 heavy (non-hydrogen) atoms. The van der Waals surface area contributed by atoms with Crippen molar-refractivity contribution in [2.45, 2.75) is 43.8 Å². The third-order valence-electron chi connectivity index (χ3n) is 5.76. The maximum absolute atomic E-state index is 14.6. The first kappa shape index (κ1) is 19.2. The fourth-order valence-electron chi connectivity index (χ4n) is 4.24. The number of piperidine rings is 1. The highest BCUT2D eigenvalue weighted by molar-refractivity contribution is 5.93. The lowest BCUT2D eigenvalue weighted by molar-refractivity contribution is -0.124. The van der Waals surface area contributed by atoms with Crippen molar-refractivity contribution >= 4 is 11.8 Å². The number of carbonyl (C=O) groups excluding carboxylic acids is 2. The van der Waals surface area contributed by atoms with E-state index in [1.807, 2.05) is 6.07 Å². The van der Waals surface area contributed by atoms with Gasteiger partial charge in [-0.15, -0.1) is 0 Å². The minimum Gasteiger partial charge on any atom is -0.464 e. The quantitative estimate of drug-likeness (QED) is 0.688. The molecule has 1 aromatic carbocycles. The number of nitrogens with one attached hydrogen (secondary N) is 2. The molecule has 1 aromatic heterocycles. The summed E-state index contributed by atoms with van der Waals surface area (Å²) in [5, 5.41) is 15.4. The Kier molecular flexibility index (Phi) is 5.07. The van der Waals surface area contributed by atoms with Crippen LogP contribution in [0.2, 0.25) is 0 Å². The molecule has 150 valence electrons. The molecule has 0 spiro atoms. The van der Waals surface area contributed by atoms with Gasteiger partial charge in [-0.2, -0.15) is 5.26 Å². The molecular formula is C21H21FN4O3. The number of furan rings is 1. The Bertz CT molecular complexity index is 996. The SMILES string of the molecule is N#C[C@H](Cc1ccc(-c2cc(C(N)=O)co2)cc1F)NC(=O)[C@H]1NC2CCC1C2. The van der Waals surface area contributed by atoms with Crippen LogP contribution in [0.15, 0.2) is 34.9 Å². The lowest BCUT2D eigenvalue weighted by atomic mass is 9.98. The first-order chi connectivity index (χ1) is 13.9. The van der Waals surface area contributed by atoms with E-state index in [0.717, 1.165) is 19.3 Å². The fraction of sp³-hybridized carbons (Fsp3) is 0.381. The van der Waals surface area contributed by atoms with E-state index in [2.05, 4.69) is 10.6 Å². The van der Waals surface area contributed by atoms with E-state index < -0.39 is 17.8 Å². The van der Waals surface area contributed by atoms with Crippen LogP contribution in [-0.4, -0.2) is 29.9 Å². The molecule has 2 bridgehead atoms. The van der Waals surface area contributed by atoms with Crippen molar-refractivity contribution in [3.05, 3.63) is 47.5 Å². The molecule has 2 unspecified atom stereocenters. The number of carbonyl (C=O) groups is 2. The van der Waals surface area contributed by atoms with Gasteiger partial charge in [-0.25, -0.2) is 4.39 Å². The second-order valence-electron chi connectivity index (χ2n) is 7.68. The van der Waals surface area contributed by atoms with Crippen molar-refractivity contribution in [1.82, 2.24) is 10.6 Å². The number of primary amides is 1. The molecule has 8 heteroatoms. The Balaban J connectivity index is 1.43. The molecule has 4 rings (SSSR count). The van der Waals surface area contributed by atoms with Gasteiger partial charge in [0.1, 0.15) is 23.9 Å². The summed E-state index contributed by atoms with van der Waals surface area (Å²) in [6, 6.07) is 7.23. The predicted molar refractivity (Wildman–Crippen MR) is 102 cm³/mol. The summed E-state index contributed by atoms with van der Waals surface area (Å²) >= 11 is 0. The molecule has 2 amide bonds. The van der Waals surface area contributed by atoms with Crippen LogP contribution in [-0.2, 0) is 11.2 Å². The molecule has 2 aromatic rings. The van der Waals surface area contributed by atoms with E-state index in [4.69, 9.17) is 10.2 Å². The van der Waals surface area contributed by atoms with Gasteiger partial charge in [-0.3, -0.25) is 9.59 Å². The van der Waals surface area contributed by atoms with Crippen molar-refractivity contribution in [2.75, 3.05) is 0 Å². The first-order valence-electron chi connectivity index (χ1n) is 9.57. The Hall–Kier alpha value is -3.18. The summed E-state index contributed by atoms with van der Waals surface area (Å²) in [4.78, 5) is 23.7. The van der Waals surface area contributed by atoms with Crippen molar-refractivity contribution in [3.63, 3.8) is 0 Å². The van der Waals surface area contributed by atoms with Gasteiger partial charge in [-0.1, -0.05) is 12.1 Å². The molecule has 1 saturated carbocycles. The maximum atomic E-state index is 14.6. The van der Waals surface area contributed by atoms with E-state index in [-0.39, 0.29) is 23.9 Å². The van der Waals surface area contributed by atoms with Crippen molar-refractivity contribution in [3.8, 4) is 17.4 Å². The number of amides is 2. The number of halogens is 1. The Morgan fingerprint density at radius 3 is 2.79 bits per heavy atom. The van der Waals surface area contributed by atoms with E-state index in [1.165, 1.54) is 18.4 Å². The molecule has 1 saturated heterocycles. The van der Waals surface area contributed by atoms with Gasteiger partial charge in [-0.05, 0) is 42.9 Å². The molecule has 2 aliphatic rings. The van der Waals surface area contributed by atoms with Gasteiger partial charge in [0.25, 0.3) is 5.91 Å². The summed E-state index contributed by atoms with van der Waals surface area (Å²) in [5.74, 6) is -0.720. The summed E-state index contributed by atoms with van der Waals surface area (Å²) in [6.45, 7) is 0. The number of nitriles is 1. The molecule has 2 fully saturated rings.